The summed E-state index contributed by atoms with van der Waals surface area (Å²) in [7, 11) is 1.86. The molecule has 6 heteroatoms. The molecule has 1 N–H and O–H groups in total. The normalized spacial score (nSPS) is 20.4. The average Bonchev–Trinajstić information content (AvgIpc) is 2.97. The van der Waals surface area contributed by atoms with Crippen molar-refractivity contribution in [1.82, 2.24) is 25.2 Å². The van der Waals surface area contributed by atoms with E-state index in [0.717, 1.165) is 24.9 Å². The lowest BCUT2D eigenvalue weighted by Gasteiger charge is -2.01. The number of nitrogens with one attached hydrogen (secondary N) is 1. The third-order valence-electron chi connectivity index (χ3n) is 2.76. The Labute approximate surface area is 92.6 Å². The summed E-state index contributed by atoms with van der Waals surface area (Å²) in [4.78, 5) is 4.38. The van der Waals surface area contributed by atoms with Gasteiger partial charge in [0.05, 0.1) is 17.8 Å². The summed E-state index contributed by atoms with van der Waals surface area (Å²) in [6.45, 7) is 1.02. The highest BCUT2D eigenvalue weighted by Gasteiger charge is 2.22. The van der Waals surface area contributed by atoms with E-state index in [1.807, 2.05) is 13.2 Å². The van der Waals surface area contributed by atoms with Crippen molar-refractivity contribution in [2.75, 3.05) is 6.54 Å². The molecule has 2 aromatic heterocycles. The van der Waals surface area contributed by atoms with Gasteiger partial charge in [0.25, 0.3) is 0 Å². The molecule has 3 heterocycles. The van der Waals surface area contributed by atoms with E-state index in [-0.39, 0.29) is 6.04 Å². The molecule has 0 spiro atoms. The van der Waals surface area contributed by atoms with Gasteiger partial charge in [0.15, 0.2) is 0 Å². The van der Waals surface area contributed by atoms with Crippen LogP contribution in [0, 0.1) is 0 Å². The second-order valence-electron chi connectivity index (χ2n) is 4.01. The lowest BCUT2D eigenvalue weighted by Crippen LogP contribution is -2.12. The Kier molecular flexibility index (Phi) is 2.21. The maximum Gasteiger partial charge on any atom is 0.244 e. The predicted molar refractivity (Wildman–Crippen MR) is 56.5 cm³/mol. The second kappa shape index (κ2) is 3.71. The van der Waals surface area contributed by atoms with Crippen molar-refractivity contribution in [3.8, 4) is 11.4 Å². The molecule has 0 saturated carbocycles. The maximum absolute atomic E-state index is 5.25. The van der Waals surface area contributed by atoms with E-state index in [0.29, 0.717) is 11.7 Å². The van der Waals surface area contributed by atoms with Crippen LogP contribution in [0.5, 0.6) is 0 Å². The number of aryl methyl sites for hydroxylation is 1. The first-order valence-corrected chi connectivity index (χ1v) is 5.39. The van der Waals surface area contributed by atoms with Crippen LogP contribution in [0.1, 0.15) is 24.8 Å². The van der Waals surface area contributed by atoms with Crippen LogP contribution in [-0.4, -0.2) is 26.5 Å². The standard InChI is InChI=1S/C10H13N5O/c1-15-6-7(5-12-15)9-13-10(16-14-9)8-3-2-4-11-8/h5-6,8,11H,2-4H2,1H3. The van der Waals surface area contributed by atoms with Crippen LogP contribution in [0.2, 0.25) is 0 Å². The zero-order valence-electron chi connectivity index (χ0n) is 9.05. The van der Waals surface area contributed by atoms with Crippen LogP contribution in [0.15, 0.2) is 16.9 Å². The first-order valence-electron chi connectivity index (χ1n) is 5.39. The fourth-order valence-corrected chi connectivity index (χ4v) is 1.93. The van der Waals surface area contributed by atoms with Gasteiger partial charge in [0.2, 0.25) is 11.7 Å². The fraction of sp³-hybridized carbons (Fsp3) is 0.500. The van der Waals surface area contributed by atoms with E-state index in [1.165, 1.54) is 0 Å². The monoisotopic (exact) mass is 219 g/mol. The van der Waals surface area contributed by atoms with Gasteiger partial charge in [0, 0.05) is 13.2 Å². The van der Waals surface area contributed by atoms with Crippen LogP contribution < -0.4 is 5.32 Å². The van der Waals surface area contributed by atoms with Crippen molar-refractivity contribution in [1.29, 1.82) is 0 Å². The summed E-state index contributed by atoms with van der Waals surface area (Å²) in [5, 5.41) is 11.4. The van der Waals surface area contributed by atoms with Gasteiger partial charge in [0.1, 0.15) is 0 Å². The minimum absolute atomic E-state index is 0.220. The van der Waals surface area contributed by atoms with Crippen LogP contribution in [0.25, 0.3) is 11.4 Å². The molecule has 2 aromatic rings. The van der Waals surface area contributed by atoms with Crippen molar-refractivity contribution in [3.63, 3.8) is 0 Å². The average molecular weight is 219 g/mol. The molecule has 84 valence electrons. The molecule has 1 fully saturated rings. The maximum atomic E-state index is 5.25. The molecule has 0 aromatic carbocycles. The van der Waals surface area contributed by atoms with E-state index < -0.39 is 0 Å². The van der Waals surface area contributed by atoms with Crippen molar-refractivity contribution < 1.29 is 4.52 Å². The third-order valence-corrected chi connectivity index (χ3v) is 2.76. The van der Waals surface area contributed by atoms with E-state index in [4.69, 9.17) is 4.52 Å². The molecule has 1 atom stereocenters. The Morgan fingerprint density at radius 3 is 3.19 bits per heavy atom. The minimum atomic E-state index is 0.220. The summed E-state index contributed by atoms with van der Waals surface area (Å²) in [5.41, 5.74) is 0.885. The zero-order valence-corrected chi connectivity index (χ0v) is 9.05. The lowest BCUT2D eigenvalue weighted by atomic mass is 10.2. The Bertz CT molecular complexity index is 483. The smallest absolute Gasteiger partial charge is 0.244 e. The zero-order chi connectivity index (χ0) is 11.0. The molecule has 0 bridgehead atoms. The van der Waals surface area contributed by atoms with E-state index in [1.54, 1.807) is 10.9 Å². The summed E-state index contributed by atoms with van der Waals surface area (Å²) in [5.74, 6) is 1.29. The van der Waals surface area contributed by atoms with Crippen LogP contribution in [0.3, 0.4) is 0 Å². The molecular formula is C10H13N5O. The molecule has 1 aliphatic heterocycles. The number of hydrogen-bond donors (Lipinski definition) is 1. The van der Waals surface area contributed by atoms with Gasteiger partial charge in [-0.3, -0.25) is 4.68 Å². The number of hydrogen-bond acceptors (Lipinski definition) is 5. The molecule has 6 nitrogen and oxygen atoms in total. The summed E-state index contributed by atoms with van der Waals surface area (Å²) in [6, 6.07) is 0.220. The predicted octanol–water partition coefficient (Wildman–Crippen LogP) is 0.895. The molecule has 0 aliphatic carbocycles. The molecule has 16 heavy (non-hydrogen) atoms. The molecule has 1 aliphatic rings. The van der Waals surface area contributed by atoms with Crippen molar-refractivity contribution in [2.45, 2.75) is 18.9 Å². The first kappa shape index (κ1) is 9.53. The molecule has 0 amide bonds. The van der Waals surface area contributed by atoms with E-state index in [2.05, 4.69) is 20.6 Å². The van der Waals surface area contributed by atoms with Gasteiger partial charge in [-0.2, -0.15) is 10.1 Å². The second-order valence-corrected chi connectivity index (χ2v) is 4.01. The van der Waals surface area contributed by atoms with Crippen molar-refractivity contribution in [2.24, 2.45) is 7.05 Å². The van der Waals surface area contributed by atoms with Crippen LogP contribution in [-0.2, 0) is 7.05 Å². The van der Waals surface area contributed by atoms with Gasteiger partial charge in [-0.15, -0.1) is 0 Å². The highest BCUT2D eigenvalue weighted by atomic mass is 16.5. The molecular weight excluding hydrogens is 206 g/mol. The Balaban J connectivity index is 1.87. The van der Waals surface area contributed by atoms with Crippen LogP contribution >= 0.6 is 0 Å². The Morgan fingerprint density at radius 1 is 1.56 bits per heavy atom. The highest BCUT2D eigenvalue weighted by Crippen LogP contribution is 2.23. The molecule has 0 radical (unpaired) electrons. The number of nitrogens with zero attached hydrogens (tertiary/aromatic N) is 4. The van der Waals surface area contributed by atoms with Crippen molar-refractivity contribution >= 4 is 0 Å². The quantitative estimate of drug-likeness (QED) is 0.812. The fourth-order valence-electron chi connectivity index (χ4n) is 1.93. The first-order chi connectivity index (χ1) is 7.83. The molecule has 1 saturated heterocycles. The van der Waals surface area contributed by atoms with E-state index >= 15 is 0 Å². The topological polar surface area (TPSA) is 68.8 Å². The SMILES string of the molecule is Cn1cc(-c2noc(C3CCCN3)n2)cn1. The highest BCUT2D eigenvalue weighted by molar-refractivity contribution is 5.51. The largest absolute Gasteiger partial charge is 0.337 e. The Hall–Kier alpha value is -1.69. The van der Waals surface area contributed by atoms with Gasteiger partial charge < -0.3 is 9.84 Å². The Morgan fingerprint density at radius 2 is 2.50 bits per heavy atom. The van der Waals surface area contributed by atoms with Crippen LogP contribution in [0.4, 0.5) is 0 Å². The lowest BCUT2D eigenvalue weighted by molar-refractivity contribution is 0.345. The number of aromatic nitrogens is 4. The molecule has 1 unspecified atom stereocenters. The van der Waals surface area contributed by atoms with Gasteiger partial charge >= 0.3 is 0 Å². The summed E-state index contributed by atoms with van der Waals surface area (Å²) in [6.07, 6.45) is 5.83. The van der Waals surface area contributed by atoms with E-state index in [9.17, 15) is 0 Å². The molecule has 3 rings (SSSR count). The summed E-state index contributed by atoms with van der Waals surface area (Å²) < 4.78 is 6.97. The van der Waals surface area contributed by atoms with Gasteiger partial charge in [-0.25, -0.2) is 0 Å². The number of rotatable bonds is 2. The van der Waals surface area contributed by atoms with Gasteiger partial charge in [-0.1, -0.05) is 5.16 Å². The third kappa shape index (κ3) is 1.61. The minimum Gasteiger partial charge on any atom is -0.337 e. The summed E-state index contributed by atoms with van der Waals surface area (Å²) >= 11 is 0. The van der Waals surface area contributed by atoms with Gasteiger partial charge in [-0.05, 0) is 19.4 Å². The van der Waals surface area contributed by atoms with Crippen molar-refractivity contribution in [3.05, 3.63) is 18.3 Å².